The minimum Gasteiger partial charge on any atom is -0.379 e. The Bertz CT molecular complexity index is 163. The lowest BCUT2D eigenvalue weighted by molar-refractivity contribution is -0.00418. The molecule has 126 valence electrons. The van der Waals surface area contributed by atoms with Crippen molar-refractivity contribution in [2.24, 2.45) is 5.92 Å². The number of rotatable bonds is 14. The molecule has 0 aromatic carbocycles. The van der Waals surface area contributed by atoms with Crippen molar-refractivity contribution < 1.29 is 20.4 Å². The van der Waals surface area contributed by atoms with Crippen LogP contribution < -0.4 is 5.32 Å². The third kappa shape index (κ3) is 22.9. The molecule has 1 N–H and O–H groups in total. The Balaban J connectivity index is -0.00000103. The van der Waals surface area contributed by atoms with Gasteiger partial charge in [-0.25, -0.2) is 0 Å². The fraction of sp³-hybridized carbons (Fsp3) is 1.00. The van der Waals surface area contributed by atoms with E-state index in [1.54, 1.807) is 0 Å². The summed E-state index contributed by atoms with van der Waals surface area (Å²) in [6.07, 6.45) is 0. The summed E-state index contributed by atoms with van der Waals surface area (Å²) < 4.78 is 21.4. The molecule has 0 rings (SSSR count). The third-order valence-electron chi connectivity index (χ3n) is 2.06. The lowest BCUT2D eigenvalue weighted by Crippen LogP contribution is -2.17. The summed E-state index contributed by atoms with van der Waals surface area (Å²) in [4.78, 5) is 0. The van der Waals surface area contributed by atoms with Gasteiger partial charge in [-0.1, -0.05) is 27.7 Å². The van der Waals surface area contributed by atoms with E-state index < -0.39 is 0 Å². The molecular formula is C15H37NO4. The first-order chi connectivity index (χ1) is 9.77. The molecule has 0 unspecified atom stereocenters. The second-order valence-electron chi connectivity index (χ2n) is 4.41. The Morgan fingerprint density at radius 2 is 1.15 bits per heavy atom. The Labute approximate surface area is 126 Å². The molecule has 0 bridgehead atoms. The number of likely N-dealkylation sites (N-methyl/N-ethyl adjacent to an activating group) is 1. The molecule has 0 spiro atoms. The van der Waals surface area contributed by atoms with Gasteiger partial charge in [-0.05, 0) is 13.0 Å². The SMILES string of the molecule is CC.CNCCOCCOCCOCCOCC(C)C.[HH]. The maximum Gasteiger partial charge on any atom is 0.0701 e. The van der Waals surface area contributed by atoms with Gasteiger partial charge < -0.3 is 24.3 Å². The van der Waals surface area contributed by atoms with E-state index in [9.17, 15) is 0 Å². The largest absolute Gasteiger partial charge is 0.379 e. The highest BCUT2D eigenvalue weighted by Crippen LogP contribution is 1.91. The molecule has 0 fully saturated rings. The van der Waals surface area contributed by atoms with Crippen molar-refractivity contribution in [3.8, 4) is 0 Å². The van der Waals surface area contributed by atoms with E-state index in [4.69, 9.17) is 18.9 Å². The summed E-state index contributed by atoms with van der Waals surface area (Å²) >= 11 is 0. The van der Waals surface area contributed by atoms with Crippen LogP contribution >= 0.6 is 0 Å². The first kappa shape index (κ1) is 22.1. The number of hydrogen-bond donors (Lipinski definition) is 1. The van der Waals surface area contributed by atoms with Crippen molar-refractivity contribution in [2.75, 3.05) is 66.4 Å². The second-order valence-corrected chi connectivity index (χ2v) is 4.41. The monoisotopic (exact) mass is 295 g/mol. The average molecular weight is 295 g/mol. The summed E-state index contributed by atoms with van der Waals surface area (Å²) in [6.45, 7) is 14.4. The summed E-state index contributed by atoms with van der Waals surface area (Å²) in [5.74, 6) is 0.580. The van der Waals surface area contributed by atoms with Crippen LogP contribution in [0.1, 0.15) is 29.1 Å². The fourth-order valence-electron chi connectivity index (χ4n) is 1.15. The molecule has 0 aliphatic carbocycles. The number of nitrogens with one attached hydrogen (secondary N) is 1. The minimum atomic E-state index is 0. The molecule has 5 heteroatoms. The lowest BCUT2D eigenvalue weighted by atomic mass is 10.2. The van der Waals surface area contributed by atoms with Crippen LogP contribution in [-0.2, 0) is 18.9 Å². The molecule has 0 amide bonds. The zero-order chi connectivity index (χ0) is 15.5. The zero-order valence-electron chi connectivity index (χ0n) is 14.1. The standard InChI is InChI=1S/C13H29NO4.C2H6.H2/c1-13(2)12-18-11-10-17-9-8-16-7-6-15-5-4-14-3;1-2;/h13-14H,4-12H2,1-3H3;1-2H3;1H. The Hall–Kier alpha value is -0.200. The Kier molecular flexibility index (Phi) is 23.3. The van der Waals surface area contributed by atoms with Gasteiger partial charge in [0.2, 0.25) is 0 Å². The van der Waals surface area contributed by atoms with Crippen LogP contribution in [0.4, 0.5) is 0 Å². The summed E-state index contributed by atoms with van der Waals surface area (Å²) in [7, 11) is 1.90. The first-order valence-corrected chi connectivity index (χ1v) is 7.73. The van der Waals surface area contributed by atoms with Gasteiger partial charge in [0, 0.05) is 14.6 Å². The van der Waals surface area contributed by atoms with Crippen molar-refractivity contribution >= 4 is 0 Å². The van der Waals surface area contributed by atoms with Crippen LogP contribution in [0.15, 0.2) is 0 Å². The molecule has 0 aliphatic heterocycles. The third-order valence-corrected chi connectivity index (χ3v) is 2.06. The molecule has 0 saturated heterocycles. The van der Waals surface area contributed by atoms with Crippen molar-refractivity contribution in [3.05, 3.63) is 0 Å². The van der Waals surface area contributed by atoms with E-state index >= 15 is 0 Å². The summed E-state index contributed by atoms with van der Waals surface area (Å²) in [6, 6.07) is 0. The van der Waals surface area contributed by atoms with Crippen LogP contribution in [-0.4, -0.2) is 66.4 Å². The average Bonchev–Trinajstić information content (AvgIpc) is 2.46. The smallest absolute Gasteiger partial charge is 0.0701 e. The molecule has 5 nitrogen and oxygen atoms in total. The van der Waals surface area contributed by atoms with Gasteiger partial charge in [0.1, 0.15) is 0 Å². The Morgan fingerprint density at radius 3 is 1.55 bits per heavy atom. The maximum absolute atomic E-state index is 5.39. The molecular weight excluding hydrogens is 258 g/mol. The van der Waals surface area contributed by atoms with Gasteiger partial charge in [0.05, 0.1) is 46.2 Å². The van der Waals surface area contributed by atoms with Crippen LogP contribution in [0.5, 0.6) is 0 Å². The highest BCUT2D eigenvalue weighted by molar-refractivity contribution is 4.40. The molecule has 0 aliphatic rings. The van der Waals surface area contributed by atoms with Crippen LogP contribution in [0.2, 0.25) is 0 Å². The molecule has 0 aromatic rings. The molecule has 0 heterocycles. The van der Waals surface area contributed by atoms with Crippen LogP contribution in [0.25, 0.3) is 0 Å². The van der Waals surface area contributed by atoms with Gasteiger partial charge in [-0.3, -0.25) is 0 Å². The molecule has 0 saturated carbocycles. The van der Waals surface area contributed by atoms with Gasteiger partial charge in [0.15, 0.2) is 0 Å². The van der Waals surface area contributed by atoms with E-state index in [-0.39, 0.29) is 1.43 Å². The van der Waals surface area contributed by atoms with Crippen molar-refractivity contribution in [2.45, 2.75) is 27.7 Å². The molecule has 0 radical (unpaired) electrons. The first-order valence-electron chi connectivity index (χ1n) is 7.73. The van der Waals surface area contributed by atoms with Crippen molar-refractivity contribution in [1.29, 1.82) is 0 Å². The molecule has 20 heavy (non-hydrogen) atoms. The van der Waals surface area contributed by atoms with E-state index in [1.807, 2.05) is 20.9 Å². The van der Waals surface area contributed by atoms with Crippen LogP contribution in [0.3, 0.4) is 0 Å². The second kappa shape index (κ2) is 21.1. The highest BCUT2D eigenvalue weighted by Gasteiger charge is 1.94. The highest BCUT2D eigenvalue weighted by atomic mass is 16.6. The predicted octanol–water partition coefficient (Wildman–Crippen LogP) is 2.20. The van der Waals surface area contributed by atoms with Gasteiger partial charge in [-0.2, -0.15) is 0 Å². The topological polar surface area (TPSA) is 49.0 Å². The molecule has 0 atom stereocenters. The van der Waals surface area contributed by atoms with Crippen LogP contribution in [0, 0.1) is 5.92 Å². The van der Waals surface area contributed by atoms with Gasteiger partial charge >= 0.3 is 0 Å². The summed E-state index contributed by atoms with van der Waals surface area (Å²) in [5.41, 5.74) is 0. The van der Waals surface area contributed by atoms with E-state index in [0.29, 0.717) is 45.6 Å². The predicted molar refractivity (Wildman–Crippen MR) is 85.5 cm³/mol. The van der Waals surface area contributed by atoms with E-state index in [2.05, 4.69) is 19.2 Å². The van der Waals surface area contributed by atoms with Crippen molar-refractivity contribution in [3.63, 3.8) is 0 Å². The number of ether oxygens (including phenoxy) is 4. The quantitative estimate of drug-likeness (QED) is 0.498. The van der Waals surface area contributed by atoms with Gasteiger partial charge in [-0.15, -0.1) is 0 Å². The summed E-state index contributed by atoms with van der Waals surface area (Å²) in [5, 5.41) is 3.01. The van der Waals surface area contributed by atoms with E-state index in [1.165, 1.54) is 0 Å². The Morgan fingerprint density at radius 1 is 0.750 bits per heavy atom. The molecule has 0 aromatic heterocycles. The number of hydrogen-bond acceptors (Lipinski definition) is 5. The minimum absolute atomic E-state index is 0. The normalized spacial score (nSPS) is 10.5. The lowest BCUT2D eigenvalue weighted by Gasteiger charge is -2.08. The fourth-order valence-corrected chi connectivity index (χ4v) is 1.15. The van der Waals surface area contributed by atoms with E-state index in [0.717, 1.165) is 19.8 Å². The van der Waals surface area contributed by atoms with Crippen molar-refractivity contribution in [1.82, 2.24) is 5.32 Å². The zero-order valence-corrected chi connectivity index (χ0v) is 14.1. The van der Waals surface area contributed by atoms with Gasteiger partial charge in [0.25, 0.3) is 0 Å². The maximum atomic E-state index is 5.39.